The number of thiocarbonyl (C=S) groups is 1. The highest BCUT2D eigenvalue weighted by atomic mass is 32.1. The number of nitrogens with one attached hydrogen (secondary N) is 1. The van der Waals surface area contributed by atoms with Gasteiger partial charge in [0.05, 0.1) is 13.5 Å². The molecule has 1 amide bonds. The van der Waals surface area contributed by atoms with E-state index < -0.39 is 0 Å². The van der Waals surface area contributed by atoms with Crippen LogP contribution in [-0.2, 0) is 14.3 Å². The summed E-state index contributed by atoms with van der Waals surface area (Å²) in [4.78, 5) is 21.4. The molecule has 5 heteroatoms. The highest BCUT2D eigenvalue weighted by molar-refractivity contribution is 7.79. The number of rotatable bonds is 5. The molecule has 0 spiro atoms. The summed E-state index contributed by atoms with van der Waals surface area (Å²) in [5.41, 5.74) is 0. The molecule has 0 bridgehead atoms. The maximum atomic E-state index is 10.8. The smallest absolute Gasteiger partial charge is 0.306 e. The van der Waals surface area contributed by atoms with Crippen LogP contribution in [0.1, 0.15) is 12.8 Å². The standard InChI is InChI=1S/C7H11NO3S/c1-11-7(10)3-2-6(9)8-4-5-12/h5H,2-4H2,1H3,(H,8,9). The fourth-order valence-corrected chi connectivity index (χ4v) is 0.645. The zero-order chi connectivity index (χ0) is 9.40. The summed E-state index contributed by atoms with van der Waals surface area (Å²) in [6, 6.07) is 0. The fraction of sp³-hybridized carbons (Fsp3) is 0.571. The van der Waals surface area contributed by atoms with Crippen molar-refractivity contribution < 1.29 is 14.3 Å². The molecule has 0 unspecified atom stereocenters. The van der Waals surface area contributed by atoms with E-state index in [-0.39, 0.29) is 24.7 Å². The number of ether oxygens (including phenoxy) is 1. The largest absolute Gasteiger partial charge is 0.469 e. The van der Waals surface area contributed by atoms with Crippen LogP contribution in [0.4, 0.5) is 0 Å². The van der Waals surface area contributed by atoms with E-state index in [0.29, 0.717) is 6.54 Å². The van der Waals surface area contributed by atoms with Crippen molar-refractivity contribution >= 4 is 29.5 Å². The van der Waals surface area contributed by atoms with Gasteiger partial charge < -0.3 is 10.1 Å². The zero-order valence-corrected chi connectivity index (χ0v) is 7.65. The molecule has 0 atom stereocenters. The Morgan fingerprint density at radius 1 is 1.50 bits per heavy atom. The minimum absolute atomic E-state index is 0.111. The molecule has 0 fully saturated rings. The highest BCUT2D eigenvalue weighted by Gasteiger charge is 2.04. The molecule has 0 heterocycles. The lowest BCUT2D eigenvalue weighted by atomic mass is 10.3. The van der Waals surface area contributed by atoms with Gasteiger partial charge >= 0.3 is 5.97 Å². The topological polar surface area (TPSA) is 55.4 Å². The first kappa shape index (κ1) is 11.0. The Morgan fingerprint density at radius 2 is 2.17 bits per heavy atom. The molecule has 0 radical (unpaired) electrons. The first-order chi connectivity index (χ1) is 5.70. The SMILES string of the molecule is COC(=O)CCC(=O)NCC=S. The Balaban J connectivity index is 3.43. The fourth-order valence-electron chi connectivity index (χ4n) is 0.562. The first-order valence-electron chi connectivity index (χ1n) is 3.48. The molecule has 12 heavy (non-hydrogen) atoms. The Bertz CT molecular complexity index is 181. The van der Waals surface area contributed by atoms with E-state index >= 15 is 0 Å². The van der Waals surface area contributed by atoms with Crippen molar-refractivity contribution in [3.05, 3.63) is 0 Å². The van der Waals surface area contributed by atoms with Crippen LogP contribution < -0.4 is 5.32 Å². The lowest BCUT2D eigenvalue weighted by molar-refractivity contribution is -0.142. The van der Waals surface area contributed by atoms with Gasteiger partial charge in [0.25, 0.3) is 0 Å². The van der Waals surface area contributed by atoms with E-state index in [1.807, 2.05) is 0 Å². The Kier molecular flexibility index (Phi) is 6.18. The summed E-state index contributed by atoms with van der Waals surface area (Å²) in [5, 5.41) is 3.92. The Morgan fingerprint density at radius 3 is 2.67 bits per heavy atom. The van der Waals surface area contributed by atoms with Gasteiger partial charge in [-0.15, -0.1) is 0 Å². The van der Waals surface area contributed by atoms with Crippen LogP contribution in [0.15, 0.2) is 0 Å². The lowest BCUT2D eigenvalue weighted by Gasteiger charge is -2.00. The Hall–Kier alpha value is -0.970. The van der Waals surface area contributed by atoms with Crippen LogP contribution in [0, 0.1) is 0 Å². The molecular weight excluding hydrogens is 178 g/mol. The van der Waals surface area contributed by atoms with Gasteiger partial charge in [-0.05, 0) is 5.37 Å². The number of carbonyl (C=O) groups excluding carboxylic acids is 2. The van der Waals surface area contributed by atoms with Crippen LogP contribution in [-0.4, -0.2) is 30.9 Å². The van der Waals surface area contributed by atoms with Gasteiger partial charge in [-0.3, -0.25) is 9.59 Å². The summed E-state index contributed by atoms with van der Waals surface area (Å²) in [6.45, 7) is 0.356. The van der Waals surface area contributed by atoms with E-state index in [4.69, 9.17) is 0 Å². The molecule has 0 aromatic rings. The van der Waals surface area contributed by atoms with Gasteiger partial charge in [0, 0.05) is 13.0 Å². The number of carbonyl (C=O) groups is 2. The van der Waals surface area contributed by atoms with Crippen molar-refractivity contribution in [2.45, 2.75) is 12.8 Å². The van der Waals surface area contributed by atoms with Gasteiger partial charge in [-0.25, -0.2) is 0 Å². The minimum Gasteiger partial charge on any atom is -0.469 e. The molecule has 0 saturated carbocycles. The first-order valence-corrected chi connectivity index (χ1v) is 3.95. The summed E-state index contributed by atoms with van der Waals surface area (Å²) in [7, 11) is 1.29. The molecule has 0 aliphatic carbocycles. The lowest BCUT2D eigenvalue weighted by Crippen LogP contribution is -2.25. The van der Waals surface area contributed by atoms with Gasteiger partial charge in [-0.2, -0.15) is 0 Å². The molecule has 0 aromatic heterocycles. The van der Waals surface area contributed by atoms with Crippen LogP contribution in [0.2, 0.25) is 0 Å². The minimum atomic E-state index is -0.382. The third kappa shape index (κ3) is 5.79. The number of amides is 1. The molecule has 68 valence electrons. The summed E-state index contributed by atoms with van der Waals surface area (Å²) >= 11 is 4.50. The average molecular weight is 189 g/mol. The zero-order valence-electron chi connectivity index (χ0n) is 6.83. The number of hydrogen-bond donors (Lipinski definition) is 1. The molecule has 0 aromatic carbocycles. The second-order valence-corrected chi connectivity index (χ2v) is 2.38. The molecule has 0 rings (SSSR count). The average Bonchev–Trinajstić information content (AvgIpc) is 2.10. The van der Waals surface area contributed by atoms with Crippen LogP contribution in [0.3, 0.4) is 0 Å². The monoisotopic (exact) mass is 189 g/mol. The number of methoxy groups -OCH3 is 1. The molecule has 1 N–H and O–H groups in total. The van der Waals surface area contributed by atoms with E-state index in [1.54, 1.807) is 0 Å². The van der Waals surface area contributed by atoms with Gasteiger partial charge in [-0.1, -0.05) is 12.2 Å². The number of hydrogen-bond acceptors (Lipinski definition) is 4. The van der Waals surface area contributed by atoms with Crippen molar-refractivity contribution in [2.24, 2.45) is 0 Å². The van der Waals surface area contributed by atoms with Crippen LogP contribution in [0.25, 0.3) is 0 Å². The summed E-state index contributed by atoms with van der Waals surface area (Å²) < 4.78 is 4.36. The third-order valence-electron chi connectivity index (χ3n) is 1.17. The van der Waals surface area contributed by atoms with Crippen molar-refractivity contribution in [1.29, 1.82) is 0 Å². The van der Waals surface area contributed by atoms with Gasteiger partial charge in [0.15, 0.2) is 0 Å². The third-order valence-corrected chi connectivity index (χ3v) is 1.33. The van der Waals surface area contributed by atoms with Crippen molar-refractivity contribution in [2.75, 3.05) is 13.7 Å². The molecule has 0 saturated heterocycles. The van der Waals surface area contributed by atoms with Crippen LogP contribution >= 0.6 is 12.2 Å². The van der Waals surface area contributed by atoms with Crippen LogP contribution in [0.5, 0.6) is 0 Å². The Labute approximate surface area is 76.3 Å². The van der Waals surface area contributed by atoms with Crippen molar-refractivity contribution in [3.63, 3.8) is 0 Å². The van der Waals surface area contributed by atoms with E-state index in [0.717, 1.165) is 0 Å². The predicted octanol–water partition coefficient (Wildman–Crippen LogP) is 0.0555. The van der Waals surface area contributed by atoms with E-state index in [1.165, 1.54) is 12.5 Å². The quantitative estimate of drug-likeness (QED) is 0.490. The summed E-state index contributed by atoms with van der Waals surface area (Å²) in [5.74, 6) is -0.575. The molecular formula is C7H11NO3S. The van der Waals surface area contributed by atoms with Crippen molar-refractivity contribution in [1.82, 2.24) is 5.32 Å². The second kappa shape index (κ2) is 6.72. The van der Waals surface area contributed by atoms with E-state index in [2.05, 4.69) is 22.3 Å². The molecule has 0 aliphatic heterocycles. The predicted molar refractivity (Wildman–Crippen MR) is 47.9 cm³/mol. The highest BCUT2D eigenvalue weighted by Crippen LogP contribution is 1.90. The van der Waals surface area contributed by atoms with E-state index in [9.17, 15) is 9.59 Å². The second-order valence-electron chi connectivity index (χ2n) is 2.05. The molecule has 4 nitrogen and oxygen atoms in total. The normalized spacial score (nSPS) is 8.75. The maximum absolute atomic E-state index is 10.8. The number of esters is 1. The van der Waals surface area contributed by atoms with Gasteiger partial charge in [0.2, 0.25) is 5.91 Å². The molecule has 0 aliphatic rings. The van der Waals surface area contributed by atoms with Gasteiger partial charge in [0.1, 0.15) is 0 Å². The van der Waals surface area contributed by atoms with Crippen molar-refractivity contribution in [3.8, 4) is 0 Å². The summed E-state index contributed by atoms with van der Waals surface area (Å²) in [6.07, 6.45) is 0.260. The maximum Gasteiger partial charge on any atom is 0.306 e.